The van der Waals surface area contributed by atoms with Crippen LogP contribution in [0.15, 0.2) is 22.5 Å². The van der Waals surface area contributed by atoms with Gasteiger partial charge in [-0.15, -0.1) is 11.3 Å². The topological polar surface area (TPSA) is 90.2 Å². The van der Waals surface area contributed by atoms with E-state index in [0.717, 1.165) is 11.3 Å². The van der Waals surface area contributed by atoms with Crippen molar-refractivity contribution in [1.82, 2.24) is 4.98 Å². The Labute approximate surface area is 89.3 Å². The van der Waals surface area contributed by atoms with E-state index in [0.29, 0.717) is 10.2 Å². The zero-order chi connectivity index (χ0) is 11.0. The fourth-order valence-corrected chi connectivity index (χ4v) is 2.61. The maximum Gasteiger partial charge on any atom is 0.270 e. The van der Waals surface area contributed by atoms with Gasteiger partial charge < -0.3 is 0 Å². The molecule has 1 aromatic heterocycles. The van der Waals surface area contributed by atoms with E-state index in [4.69, 9.17) is 0 Å². The van der Waals surface area contributed by atoms with Crippen molar-refractivity contribution in [1.29, 1.82) is 0 Å². The van der Waals surface area contributed by atoms with E-state index in [1.165, 1.54) is 18.2 Å². The molecule has 8 heteroatoms. The van der Waals surface area contributed by atoms with Crippen LogP contribution in [-0.2, 0) is 10.7 Å². The van der Waals surface area contributed by atoms with Gasteiger partial charge >= 0.3 is 0 Å². The Morgan fingerprint density at radius 2 is 2.13 bits per heavy atom. The Balaban J connectivity index is 2.67. The number of nitro benzene ring substituents is 1. The number of rotatable bonds is 2. The van der Waals surface area contributed by atoms with Crippen molar-refractivity contribution >= 4 is 37.9 Å². The Morgan fingerprint density at radius 1 is 1.40 bits per heavy atom. The maximum absolute atomic E-state index is 10.6. The van der Waals surface area contributed by atoms with Gasteiger partial charge in [-0.3, -0.25) is 10.1 Å². The molecule has 0 saturated carbocycles. The van der Waals surface area contributed by atoms with E-state index in [2.05, 4.69) is 4.98 Å². The molecule has 0 unspecified atom stereocenters. The third-order valence-electron chi connectivity index (χ3n) is 1.73. The van der Waals surface area contributed by atoms with E-state index >= 15 is 0 Å². The van der Waals surface area contributed by atoms with E-state index in [1.54, 1.807) is 0 Å². The fraction of sp³-hybridized carbons (Fsp3) is 0. The van der Waals surface area contributed by atoms with Crippen molar-refractivity contribution in [3.05, 3.63) is 28.3 Å². The Hall–Kier alpha value is -1.54. The van der Waals surface area contributed by atoms with Crippen molar-refractivity contribution in [2.75, 3.05) is 0 Å². The Bertz CT molecular complexity index is 608. The van der Waals surface area contributed by atoms with Gasteiger partial charge in [-0.1, -0.05) is 0 Å². The van der Waals surface area contributed by atoms with Crippen molar-refractivity contribution < 1.29 is 13.3 Å². The number of fused-ring (bicyclic) bond motifs is 1. The van der Waals surface area contributed by atoms with Crippen molar-refractivity contribution in [3.8, 4) is 0 Å². The molecule has 6 nitrogen and oxygen atoms in total. The van der Waals surface area contributed by atoms with Crippen LogP contribution < -0.4 is 0 Å². The van der Waals surface area contributed by atoms with E-state index < -0.39 is 15.6 Å². The summed E-state index contributed by atoms with van der Waals surface area (Å²) in [6.45, 7) is 0. The summed E-state index contributed by atoms with van der Waals surface area (Å²) in [5.74, 6) is 0. The lowest BCUT2D eigenvalue weighted by atomic mass is 10.3. The average molecular weight is 244 g/mol. The number of thiol groups is 1. The second-order valence-corrected chi connectivity index (χ2v) is 4.93. The minimum atomic E-state index is -2.73. The molecule has 2 rings (SSSR count). The molecule has 15 heavy (non-hydrogen) atoms. The molecule has 0 N–H and O–H groups in total. The van der Waals surface area contributed by atoms with Crippen LogP contribution in [0.1, 0.15) is 0 Å². The average Bonchev–Trinajstić information content (AvgIpc) is 2.59. The van der Waals surface area contributed by atoms with Crippen LogP contribution in [0, 0.1) is 10.1 Å². The quantitative estimate of drug-likeness (QED) is 0.486. The van der Waals surface area contributed by atoms with Crippen LogP contribution in [0.3, 0.4) is 0 Å². The molecule has 0 saturated heterocycles. The van der Waals surface area contributed by atoms with Crippen molar-refractivity contribution in [2.45, 2.75) is 4.34 Å². The van der Waals surface area contributed by atoms with Crippen LogP contribution >= 0.6 is 11.3 Å². The molecular formula is C7H4N2O4S2. The summed E-state index contributed by atoms with van der Waals surface area (Å²) in [5.41, 5.74) is 0.388. The first-order chi connectivity index (χ1) is 7.08. The smallest absolute Gasteiger partial charge is 0.258 e. The monoisotopic (exact) mass is 244 g/mol. The number of nitro groups is 1. The first-order valence-electron chi connectivity index (χ1n) is 3.77. The van der Waals surface area contributed by atoms with Crippen LogP contribution in [0.2, 0.25) is 0 Å². The highest BCUT2D eigenvalue weighted by molar-refractivity contribution is 7.75. The van der Waals surface area contributed by atoms with Gasteiger partial charge in [0.2, 0.25) is 4.34 Å². The van der Waals surface area contributed by atoms with Crippen LogP contribution in [0.4, 0.5) is 5.69 Å². The highest BCUT2D eigenvalue weighted by Gasteiger charge is 2.10. The molecule has 0 bridgehead atoms. The fourth-order valence-electron chi connectivity index (χ4n) is 1.09. The lowest BCUT2D eigenvalue weighted by molar-refractivity contribution is -0.384. The zero-order valence-corrected chi connectivity index (χ0v) is 8.83. The molecule has 0 atom stereocenters. The molecule has 0 spiro atoms. The third kappa shape index (κ3) is 1.81. The van der Waals surface area contributed by atoms with Gasteiger partial charge in [-0.2, -0.15) is 0 Å². The lowest BCUT2D eigenvalue weighted by Gasteiger charge is -1.88. The molecule has 2 aromatic rings. The van der Waals surface area contributed by atoms with Gasteiger partial charge in [0.1, 0.15) is 0 Å². The molecule has 0 amide bonds. The van der Waals surface area contributed by atoms with Crippen LogP contribution in [-0.4, -0.2) is 18.3 Å². The van der Waals surface area contributed by atoms with Crippen molar-refractivity contribution in [2.24, 2.45) is 0 Å². The number of nitrogens with zero attached hydrogens (tertiary/aromatic N) is 2. The summed E-state index contributed by atoms with van der Waals surface area (Å²) in [6.07, 6.45) is 0. The van der Waals surface area contributed by atoms with Crippen molar-refractivity contribution in [3.63, 3.8) is 0 Å². The summed E-state index contributed by atoms with van der Waals surface area (Å²) in [5, 5.41) is 10.5. The number of benzene rings is 1. The molecular weight excluding hydrogens is 240 g/mol. The van der Waals surface area contributed by atoms with Gasteiger partial charge in [-0.25, -0.2) is 13.4 Å². The molecule has 0 aliphatic rings. The SMILES string of the molecule is O=[N+]([O-])c1ccc2nc([SH](=O)=O)sc2c1. The van der Waals surface area contributed by atoms with Gasteiger partial charge in [0.05, 0.1) is 15.1 Å². The maximum atomic E-state index is 10.6. The van der Waals surface area contributed by atoms with E-state index in [1.807, 2.05) is 0 Å². The largest absolute Gasteiger partial charge is 0.270 e. The van der Waals surface area contributed by atoms with Crippen LogP contribution in [0.25, 0.3) is 10.2 Å². The molecule has 0 aliphatic heterocycles. The van der Waals surface area contributed by atoms with Gasteiger partial charge in [0.15, 0.2) is 10.7 Å². The standard InChI is InChI=1S/C7H4N2O4S2/c10-9(11)4-1-2-5-6(3-4)14-7(8-5)15(12)13/h1-3,15H. The highest BCUT2D eigenvalue weighted by atomic mass is 32.2. The Morgan fingerprint density at radius 3 is 2.73 bits per heavy atom. The summed E-state index contributed by atoms with van der Waals surface area (Å²) in [7, 11) is -2.73. The first-order valence-corrected chi connectivity index (χ1v) is 5.77. The van der Waals surface area contributed by atoms with E-state index in [9.17, 15) is 18.5 Å². The molecule has 1 heterocycles. The third-order valence-corrected chi connectivity index (χ3v) is 3.68. The lowest BCUT2D eigenvalue weighted by Crippen LogP contribution is -1.85. The zero-order valence-electron chi connectivity index (χ0n) is 7.11. The second-order valence-electron chi connectivity index (χ2n) is 2.66. The predicted octanol–water partition coefficient (Wildman–Crippen LogP) is 1.17. The summed E-state index contributed by atoms with van der Waals surface area (Å²) < 4.78 is 21.8. The highest BCUT2D eigenvalue weighted by Crippen LogP contribution is 2.26. The minimum absolute atomic E-state index is 0.0273. The van der Waals surface area contributed by atoms with Crippen LogP contribution in [0.5, 0.6) is 0 Å². The molecule has 1 aromatic carbocycles. The number of non-ortho nitro benzene ring substituents is 1. The van der Waals surface area contributed by atoms with E-state index in [-0.39, 0.29) is 10.0 Å². The Kier molecular flexibility index (Phi) is 2.37. The first kappa shape index (κ1) is 9.99. The summed E-state index contributed by atoms with van der Waals surface area (Å²) >= 11 is 0.925. The normalized spacial score (nSPS) is 11.0. The predicted molar refractivity (Wildman–Crippen MR) is 54.9 cm³/mol. The minimum Gasteiger partial charge on any atom is -0.258 e. The summed E-state index contributed by atoms with van der Waals surface area (Å²) in [4.78, 5) is 13.7. The van der Waals surface area contributed by atoms with Gasteiger partial charge in [0, 0.05) is 12.1 Å². The number of thiazole rings is 1. The second kappa shape index (κ2) is 3.55. The number of hydrogen-bond acceptors (Lipinski definition) is 6. The molecule has 78 valence electrons. The molecule has 0 fully saturated rings. The van der Waals surface area contributed by atoms with Gasteiger partial charge in [-0.05, 0) is 6.07 Å². The number of aromatic nitrogens is 1. The number of hydrogen-bond donors (Lipinski definition) is 1. The summed E-state index contributed by atoms with van der Waals surface area (Å²) in [6, 6.07) is 4.05. The molecule has 0 radical (unpaired) electrons. The van der Waals surface area contributed by atoms with Gasteiger partial charge in [0.25, 0.3) is 5.69 Å². The molecule has 0 aliphatic carbocycles.